The maximum atomic E-state index is 12.9. The van der Waals surface area contributed by atoms with Gasteiger partial charge in [0.1, 0.15) is 19.3 Å². The van der Waals surface area contributed by atoms with Gasteiger partial charge >= 0.3 is 7.82 Å². The summed E-state index contributed by atoms with van der Waals surface area (Å²) in [5.74, 6) is -0.303. The van der Waals surface area contributed by atoms with Gasteiger partial charge in [0.25, 0.3) is 0 Å². The van der Waals surface area contributed by atoms with E-state index < -0.39 is 32.7 Å². The van der Waals surface area contributed by atoms with Gasteiger partial charge in [-0.3, -0.25) is 13.8 Å². The van der Waals surface area contributed by atoms with Crippen molar-refractivity contribution in [2.45, 2.75) is 167 Å². The number of hydrogen-bond acceptors (Lipinski definition) is 6. The van der Waals surface area contributed by atoms with Crippen LogP contribution in [-0.4, -0.2) is 84.6 Å². The Morgan fingerprint density at radius 2 is 1.07 bits per heavy atom. The van der Waals surface area contributed by atoms with Gasteiger partial charge in [0.15, 0.2) is 0 Å². The van der Waals surface area contributed by atoms with Gasteiger partial charge < -0.3 is 24.9 Å². The first kappa shape index (κ1) is 56.4. The minimum absolute atomic E-state index is 0.00232. The van der Waals surface area contributed by atoms with Crippen molar-refractivity contribution in [1.29, 1.82) is 0 Å². The Morgan fingerprint density at radius 1 is 0.610 bits per heavy atom. The predicted molar refractivity (Wildman–Crippen MR) is 250 cm³/mol. The van der Waals surface area contributed by atoms with Crippen LogP contribution in [0.15, 0.2) is 97.2 Å². The molecule has 0 aliphatic carbocycles. The molecule has 0 fully saturated rings. The molecule has 10 heteroatoms. The van der Waals surface area contributed by atoms with Gasteiger partial charge in [0.2, 0.25) is 5.91 Å². The van der Waals surface area contributed by atoms with Gasteiger partial charge in [-0.1, -0.05) is 137 Å². The highest BCUT2D eigenvalue weighted by Crippen LogP contribution is 2.43. The molecular weight excluding hydrogens is 760 g/mol. The number of amides is 1. The molecule has 338 valence electrons. The second kappa shape index (κ2) is 39.5. The van der Waals surface area contributed by atoms with Gasteiger partial charge in [-0.15, -0.1) is 0 Å². The topological polar surface area (TPSA) is 125 Å². The first-order chi connectivity index (χ1) is 28.4. The van der Waals surface area contributed by atoms with Crippen LogP contribution in [-0.2, 0) is 18.4 Å². The number of hydrogen-bond donors (Lipinski definition) is 4. The molecule has 0 saturated carbocycles. The Kier molecular flexibility index (Phi) is 37.8. The number of aliphatic hydroxyl groups excluding tert-OH is 2. The molecule has 0 aromatic rings. The van der Waals surface area contributed by atoms with Crippen LogP contribution in [0.3, 0.4) is 0 Å². The number of phosphoric ester groups is 1. The maximum absolute atomic E-state index is 12.9. The zero-order valence-corrected chi connectivity index (χ0v) is 38.7. The first-order valence-electron chi connectivity index (χ1n) is 22.7. The summed E-state index contributed by atoms with van der Waals surface area (Å²) in [5, 5.41) is 24.6. The molecular formula is C49H86N2O7P+. The van der Waals surface area contributed by atoms with Crippen LogP contribution in [0.4, 0.5) is 0 Å². The number of carbonyl (C=O) groups excluding carboxylic acids is 1. The number of allylic oxidation sites excluding steroid dienone is 16. The smallest absolute Gasteiger partial charge is 0.390 e. The third-order valence-electron chi connectivity index (χ3n) is 9.39. The highest BCUT2D eigenvalue weighted by atomic mass is 31.2. The average molecular weight is 846 g/mol. The summed E-state index contributed by atoms with van der Waals surface area (Å²) in [6, 6.07) is -1.08. The maximum Gasteiger partial charge on any atom is 0.472 e. The molecule has 9 nitrogen and oxygen atoms in total. The molecule has 0 bridgehead atoms. The SMILES string of the molecule is CC/C=C\C/C=C\C/C=C\C/C=C\C/C=C\C/C=C\CCCCCCC(=O)NC(COP(=O)(O)OCC[N+](C)(C)C)C(O)C(O)CCC/C=C/CC/C=C/CCCCC. The second-order valence-electron chi connectivity index (χ2n) is 16.2. The Hall–Kier alpha value is -2.62. The molecule has 0 aromatic carbocycles. The number of nitrogens with one attached hydrogen (secondary N) is 1. The molecule has 0 rings (SSSR count). The highest BCUT2D eigenvalue weighted by Gasteiger charge is 2.31. The largest absolute Gasteiger partial charge is 0.472 e. The second-order valence-corrected chi connectivity index (χ2v) is 17.6. The van der Waals surface area contributed by atoms with E-state index >= 15 is 0 Å². The summed E-state index contributed by atoms with van der Waals surface area (Å²) in [6.07, 6.45) is 51.9. The summed E-state index contributed by atoms with van der Waals surface area (Å²) in [6.45, 7) is 4.37. The lowest BCUT2D eigenvalue weighted by atomic mass is 10.0. The van der Waals surface area contributed by atoms with Gasteiger partial charge in [0.05, 0.1) is 39.9 Å². The quantitative estimate of drug-likeness (QED) is 0.0210. The summed E-state index contributed by atoms with van der Waals surface area (Å²) < 4.78 is 23.5. The zero-order valence-electron chi connectivity index (χ0n) is 37.8. The molecule has 4 N–H and O–H groups in total. The van der Waals surface area contributed by atoms with Gasteiger partial charge in [-0.25, -0.2) is 4.57 Å². The number of unbranched alkanes of at least 4 members (excludes halogenated alkanes) is 9. The minimum atomic E-state index is -4.44. The Labute approximate surface area is 361 Å². The number of nitrogens with zero attached hydrogens (tertiary/aromatic N) is 1. The Morgan fingerprint density at radius 3 is 1.59 bits per heavy atom. The van der Waals surface area contributed by atoms with Gasteiger partial charge in [-0.05, 0) is 103 Å². The lowest BCUT2D eigenvalue weighted by Gasteiger charge is -2.28. The lowest BCUT2D eigenvalue weighted by molar-refractivity contribution is -0.870. The van der Waals surface area contributed by atoms with Crippen molar-refractivity contribution in [1.82, 2.24) is 5.32 Å². The van der Waals surface area contributed by atoms with Crippen LogP contribution in [0, 0.1) is 0 Å². The minimum Gasteiger partial charge on any atom is -0.390 e. The van der Waals surface area contributed by atoms with Crippen LogP contribution in [0.2, 0.25) is 0 Å². The number of rotatable bonds is 39. The van der Waals surface area contributed by atoms with Crippen molar-refractivity contribution in [3.05, 3.63) is 97.2 Å². The van der Waals surface area contributed by atoms with E-state index in [2.05, 4.69) is 116 Å². The molecule has 59 heavy (non-hydrogen) atoms. The molecule has 0 radical (unpaired) electrons. The summed E-state index contributed by atoms with van der Waals surface area (Å²) >= 11 is 0. The highest BCUT2D eigenvalue weighted by molar-refractivity contribution is 7.47. The normalized spacial score (nSPS) is 15.7. The number of phosphoric acid groups is 1. The molecule has 0 aliphatic heterocycles. The molecule has 4 unspecified atom stereocenters. The molecule has 0 aliphatic rings. The van der Waals surface area contributed by atoms with Crippen molar-refractivity contribution in [3.63, 3.8) is 0 Å². The molecule has 1 amide bonds. The van der Waals surface area contributed by atoms with E-state index in [1.165, 1.54) is 19.3 Å². The van der Waals surface area contributed by atoms with Crippen molar-refractivity contribution in [2.75, 3.05) is 40.9 Å². The number of likely N-dealkylation sites (N-methyl/N-ethyl adjacent to an activating group) is 1. The summed E-state index contributed by atoms with van der Waals surface area (Å²) in [7, 11) is 1.37. The summed E-state index contributed by atoms with van der Waals surface area (Å²) in [5.41, 5.74) is 0. The van der Waals surface area contributed by atoms with Crippen molar-refractivity contribution >= 4 is 13.7 Å². The van der Waals surface area contributed by atoms with Crippen molar-refractivity contribution in [2.24, 2.45) is 0 Å². The van der Waals surface area contributed by atoms with E-state index in [0.717, 1.165) is 89.9 Å². The summed E-state index contributed by atoms with van der Waals surface area (Å²) in [4.78, 5) is 23.2. The molecule has 0 aromatic heterocycles. The molecule has 0 spiro atoms. The lowest BCUT2D eigenvalue weighted by Crippen LogP contribution is -2.51. The standard InChI is InChI=1S/C49H85N2O7P/c1-6-8-10-12-14-16-18-20-21-22-23-24-25-26-27-28-29-30-32-34-36-38-40-42-48(53)50-46(45-58-59(55,56)57-44-43-51(3,4)5)49(54)47(52)41-39-37-35-33-31-19-17-15-13-11-9-7-2/h8,10,14-17,20-21,23-24,26-27,29-30,33,35,46-47,49,52,54H,6-7,9,11-13,18-19,22,25,28,31-32,34,36-45H2,1-5H3,(H-,50,53,55,56)/p+1/b10-8-,16-14-,17-15+,21-20-,24-23-,27-26-,30-29-,35-33+. The van der Waals surface area contributed by atoms with Crippen molar-refractivity contribution < 1.29 is 38.0 Å². The molecule has 4 atom stereocenters. The molecule has 0 heterocycles. The fraction of sp³-hybridized carbons (Fsp3) is 0.653. The van der Waals surface area contributed by atoms with Crippen LogP contribution < -0.4 is 5.32 Å². The van der Waals surface area contributed by atoms with E-state index in [-0.39, 0.29) is 18.9 Å². The number of aliphatic hydroxyl groups is 2. The number of quaternary nitrogens is 1. The predicted octanol–water partition coefficient (Wildman–Crippen LogP) is 11.7. The first-order valence-corrected chi connectivity index (χ1v) is 24.2. The third-order valence-corrected chi connectivity index (χ3v) is 10.4. The number of carbonyl (C=O) groups is 1. The monoisotopic (exact) mass is 846 g/mol. The van der Waals surface area contributed by atoms with Crippen molar-refractivity contribution in [3.8, 4) is 0 Å². The van der Waals surface area contributed by atoms with E-state index in [1.54, 1.807) is 0 Å². The van der Waals surface area contributed by atoms with E-state index in [0.29, 0.717) is 30.3 Å². The van der Waals surface area contributed by atoms with Gasteiger partial charge in [0, 0.05) is 6.42 Å². The fourth-order valence-corrected chi connectivity index (χ4v) is 6.48. The zero-order chi connectivity index (χ0) is 43.7. The van der Waals surface area contributed by atoms with E-state index in [4.69, 9.17) is 9.05 Å². The van der Waals surface area contributed by atoms with Crippen LogP contribution in [0.1, 0.15) is 149 Å². The van der Waals surface area contributed by atoms with E-state index in [9.17, 15) is 24.5 Å². The van der Waals surface area contributed by atoms with Crippen LogP contribution in [0.25, 0.3) is 0 Å². The Bertz CT molecular complexity index is 1300. The third kappa shape index (κ3) is 40.6. The van der Waals surface area contributed by atoms with E-state index in [1.807, 2.05) is 21.1 Å². The molecule has 0 saturated heterocycles. The fourth-order valence-electron chi connectivity index (χ4n) is 5.75. The average Bonchev–Trinajstić information content (AvgIpc) is 3.19. The van der Waals surface area contributed by atoms with Crippen LogP contribution in [0.5, 0.6) is 0 Å². The van der Waals surface area contributed by atoms with Crippen LogP contribution >= 0.6 is 7.82 Å². The Balaban J connectivity index is 4.57. The van der Waals surface area contributed by atoms with Gasteiger partial charge in [-0.2, -0.15) is 0 Å².